The second-order valence-corrected chi connectivity index (χ2v) is 4.48. The van der Waals surface area contributed by atoms with E-state index in [1.165, 1.54) is 25.7 Å². The topological polar surface area (TPSA) is 3.24 Å². The van der Waals surface area contributed by atoms with Gasteiger partial charge in [0.05, 0.1) is 0 Å². The van der Waals surface area contributed by atoms with Gasteiger partial charge in [-0.3, -0.25) is 0 Å². The van der Waals surface area contributed by atoms with Crippen molar-refractivity contribution in [3.8, 4) is 0 Å². The lowest BCUT2D eigenvalue weighted by atomic mass is 9.85. The van der Waals surface area contributed by atoms with Crippen molar-refractivity contribution in [1.82, 2.24) is 4.90 Å². The first-order valence-corrected chi connectivity index (χ1v) is 5.70. The zero-order chi connectivity index (χ0) is 8.97. The Morgan fingerprint density at radius 3 is 2.58 bits per heavy atom. The Hall–Kier alpha value is 0.310. The van der Waals surface area contributed by atoms with Crippen LogP contribution in [0.25, 0.3) is 0 Å². The van der Waals surface area contributed by atoms with E-state index in [-0.39, 0.29) is 0 Å². The maximum atomic E-state index is 4.27. The Balaban J connectivity index is 2.36. The highest BCUT2D eigenvalue weighted by Gasteiger charge is 2.23. The van der Waals surface area contributed by atoms with Crippen LogP contribution in [0.2, 0.25) is 0 Å². The van der Waals surface area contributed by atoms with Crippen LogP contribution in [0.15, 0.2) is 0 Å². The Labute approximate surface area is 81.9 Å². The van der Waals surface area contributed by atoms with Crippen molar-refractivity contribution < 1.29 is 0 Å². The van der Waals surface area contributed by atoms with E-state index in [9.17, 15) is 0 Å². The van der Waals surface area contributed by atoms with Crippen molar-refractivity contribution in [2.45, 2.75) is 38.6 Å². The summed E-state index contributed by atoms with van der Waals surface area (Å²) < 4.78 is 0. The molecule has 1 rings (SSSR count). The molecule has 0 bridgehead atoms. The van der Waals surface area contributed by atoms with E-state index in [1.807, 2.05) is 0 Å². The van der Waals surface area contributed by atoms with Crippen LogP contribution >= 0.6 is 12.6 Å². The van der Waals surface area contributed by atoms with Crippen LogP contribution in [0.4, 0.5) is 0 Å². The second-order valence-electron chi connectivity index (χ2n) is 4.03. The van der Waals surface area contributed by atoms with E-state index < -0.39 is 0 Å². The standard InChI is InChI=1S/C10H21NS/c1-9-5-3-4-6-10(9)11(2)7-8-12/h9-10,12H,3-8H2,1-2H3. The molecule has 0 N–H and O–H groups in total. The summed E-state index contributed by atoms with van der Waals surface area (Å²) in [7, 11) is 2.24. The maximum Gasteiger partial charge on any atom is 0.0118 e. The van der Waals surface area contributed by atoms with Gasteiger partial charge in [0.15, 0.2) is 0 Å². The largest absolute Gasteiger partial charge is 0.302 e. The maximum absolute atomic E-state index is 4.27. The fourth-order valence-electron chi connectivity index (χ4n) is 2.28. The molecule has 1 nitrogen and oxygen atoms in total. The fraction of sp³-hybridized carbons (Fsp3) is 1.00. The molecular formula is C10H21NS. The molecule has 2 unspecified atom stereocenters. The Morgan fingerprint density at radius 2 is 2.00 bits per heavy atom. The summed E-state index contributed by atoms with van der Waals surface area (Å²) in [5.41, 5.74) is 0. The zero-order valence-corrected chi connectivity index (χ0v) is 9.19. The SMILES string of the molecule is CC1CCCCC1N(C)CCS. The highest BCUT2D eigenvalue weighted by molar-refractivity contribution is 7.80. The summed E-state index contributed by atoms with van der Waals surface area (Å²) >= 11 is 4.27. The number of nitrogens with zero attached hydrogens (tertiary/aromatic N) is 1. The van der Waals surface area contributed by atoms with Crippen LogP contribution in [0.5, 0.6) is 0 Å². The summed E-state index contributed by atoms with van der Waals surface area (Å²) in [6.07, 6.45) is 5.67. The predicted octanol–water partition coefficient (Wildman–Crippen LogP) is 2.43. The fourth-order valence-corrected chi connectivity index (χ4v) is 2.59. The Kier molecular flexibility index (Phi) is 4.44. The van der Waals surface area contributed by atoms with Gasteiger partial charge in [-0.1, -0.05) is 19.8 Å². The average Bonchev–Trinajstić information content (AvgIpc) is 2.05. The van der Waals surface area contributed by atoms with E-state index >= 15 is 0 Å². The first-order valence-electron chi connectivity index (χ1n) is 5.07. The molecule has 0 saturated heterocycles. The highest BCUT2D eigenvalue weighted by atomic mass is 32.1. The van der Waals surface area contributed by atoms with E-state index in [0.717, 1.165) is 24.3 Å². The molecule has 0 heterocycles. The van der Waals surface area contributed by atoms with Gasteiger partial charge in [-0.15, -0.1) is 0 Å². The third kappa shape index (κ3) is 2.67. The minimum absolute atomic E-state index is 0.825. The Bertz CT molecular complexity index is 127. The number of hydrogen-bond acceptors (Lipinski definition) is 2. The minimum atomic E-state index is 0.825. The lowest BCUT2D eigenvalue weighted by Gasteiger charge is -2.36. The van der Waals surface area contributed by atoms with E-state index in [2.05, 4.69) is 31.5 Å². The highest BCUT2D eigenvalue weighted by Crippen LogP contribution is 2.26. The van der Waals surface area contributed by atoms with Crippen molar-refractivity contribution in [1.29, 1.82) is 0 Å². The number of rotatable bonds is 3. The average molecular weight is 187 g/mol. The van der Waals surface area contributed by atoms with E-state index in [1.54, 1.807) is 0 Å². The molecule has 0 spiro atoms. The lowest BCUT2D eigenvalue weighted by Crippen LogP contribution is -2.39. The van der Waals surface area contributed by atoms with Gasteiger partial charge in [0.25, 0.3) is 0 Å². The van der Waals surface area contributed by atoms with Gasteiger partial charge in [0.2, 0.25) is 0 Å². The van der Waals surface area contributed by atoms with Crippen LogP contribution < -0.4 is 0 Å². The van der Waals surface area contributed by atoms with Crippen LogP contribution in [-0.4, -0.2) is 30.3 Å². The smallest absolute Gasteiger partial charge is 0.0118 e. The first kappa shape index (κ1) is 10.4. The summed E-state index contributed by atoms with van der Waals surface area (Å²) in [6.45, 7) is 3.52. The molecular weight excluding hydrogens is 166 g/mol. The molecule has 1 aliphatic carbocycles. The molecule has 1 aliphatic rings. The minimum Gasteiger partial charge on any atom is -0.302 e. The summed E-state index contributed by atoms with van der Waals surface area (Å²) in [6, 6.07) is 0.825. The lowest BCUT2D eigenvalue weighted by molar-refractivity contribution is 0.147. The molecule has 0 amide bonds. The van der Waals surface area contributed by atoms with Crippen LogP contribution in [-0.2, 0) is 0 Å². The van der Waals surface area contributed by atoms with Gasteiger partial charge >= 0.3 is 0 Å². The van der Waals surface area contributed by atoms with E-state index in [0.29, 0.717) is 0 Å². The van der Waals surface area contributed by atoms with Crippen molar-refractivity contribution >= 4 is 12.6 Å². The molecule has 0 aromatic carbocycles. The molecule has 1 fully saturated rings. The number of hydrogen-bond donors (Lipinski definition) is 1. The molecule has 0 aliphatic heterocycles. The third-order valence-electron chi connectivity index (χ3n) is 3.09. The molecule has 0 aromatic heterocycles. The molecule has 2 atom stereocenters. The van der Waals surface area contributed by atoms with Gasteiger partial charge in [-0.25, -0.2) is 0 Å². The summed E-state index contributed by atoms with van der Waals surface area (Å²) in [4.78, 5) is 2.48. The summed E-state index contributed by atoms with van der Waals surface area (Å²) in [5, 5.41) is 0. The molecule has 0 radical (unpaired) electrons. The quantitative estimate of drug-likeness (QED) is 0.664. The predicted molar refractivity (Wildman–Crippen MR) is 57.9 cm³/mol. The first-order chi connectivity index (χ1) is 5.75. The van der Waals surface area contributed by atoms with Crippen LogP contribution in [0.1, 0.15) is 32.6 Å². The molecule has 0 aromatic rings. The number of thiol groups is 1. The summed E-state index contributed by atoms with van der Waals surface area (Å²) in [5.74, 6) is 1.88. The molecule has 2 heteroatoms. The van der Waals surface area contributed by atoms with Gasteiger partial charge in [-0.05, 0) is 25.8 Å². The van der Waals surface area contributed by atoms with Crippen LogP contribution in [0, 0.1) is 5.92 Å². The third-order valence-corrected chi connectivity index (χ3v) is 3.29. The molecule has 1 saturated carbocycles. The van der Waals surface area contributed by atoms with Crippen molar-refractivity contribution in [3.05, 3.63) is 0 Å². The molecule has 72 valence electrons. The van der Waals surface area contributed by atoms with Gasteiger partial charge < -0.3 is 4.90 Å². The zero-order valence-electron chi connectivity index (χ0n) is 8.29. The second kappa shape index (κ2) is 5.13. The molecule has 12 heavy (non-hydrogen) atoms. The van der Waals surface area contributed by atoms with Crippen molar-refractivity contribution in [2.24, 2.45) is 5.92 Å². The van der Waals surface area contributed by atoms with Gasteiger partial charge in [0, 0.05) is 18.3 Å². The monoisotopic (exact) mass is 187 g/mol. The Morgan fingerprint density at radius 1 is 1.33 bits per heavy atom. The van der Waals surface area contributed by atoms with Gasteiger partial charge in [-0.2, -0.15) is 12.6 Å². The normalized spacial score (nSPS) is 31.0. The van der Waals surface area contributed by atoms with E-state index in [4.69, 9.17) is 0 Å². The van der Waals surface area contributed by atoms with Crippen molar-refractivity contribution in [2.75, 3.05) is 19.3 Å². The van der Waals surface area contributed by atoms with Crippen LogP contribution in [0.3, 0.4) is 0 Å². The van der Waals surface area contributed by atoms with Crippen molar-refractivity contribution in [3.63, 3.8) is 0 Å². The van der Waals surface area contributed by atoms with Gasteiger partial charge in [0.1, 0.15) is 0 Å².